The van der Waals surface area contributed by atoms with Gasteiger partial charge in [0.2, 0.25) is 0 Å². The molecule has 0 aliphatic rings. The summed E-state index contributed by atoms with van der Waals surface area (Å²) in [5.74, 6) is 0.967. The van der Waals surface area contributed by atoms with Crippen LogP contribution in [0.15, 0.2) is 42.5 Å². The first kappa shape index (κ1) is 25.7. The van der Waals surface area contributed by atoms with Crippen molar-refractivity contribution in [2.45, 2.75) is 33.4 Å². The predicted octanol–water partition coefficient (Wildman–Crippen LogP) is 3.98. The van der Waals surface area contributed by atoms with Crippen LogP contribution in [0.25, 0.3) is 0 Å². The zero-order chi connectivity index (χ0) is 25.5. The molecule has 0 bridgehead atoms. The molecule has 35 heavy (non-hydrogen) atoms. The summed E-state index contributed by atoms with van der Waals surface area (Å²) in [6.07, 6.45) is 0. The largest absolute Gasteiger partial charge is 0.493 e. The average molecular weight is 483 g/mol. The lowest BCUT2D eigenvalue weighted by molar-refractivity contribution is -0.386. The molecule has 0 spiro atoms. The first-order valence-corrected chi connectivity index (χ1v) is 11.1. The van der Waals surface area contributed by atoms with Gasteiger partial charge in [0, 0.05) is 12.7 Å². The van der Waals surface area contributed by atoms with E-state index >= 15 is 0 Å². The standard InChI is InChI=1S/C25H30N4O6/c1-16(21-10-11-22(23(14-21)34-5)35-13-12-33-4)26-25(30)20-8-6-19(7-9-20)15-28-18(3)24(29(31)32)17(2)27-28/h6-11,14,16H,12-13,15H2,1-5H3,(H,26,30). The highest BCUT2D eigenvalue weighted by atomic mass is 16.6. The Kier molecular flexibility index (Phi) is 8.43. The molecule has 0 saturated heterocycles. The lowest BCUT2D eigenvalue weighted by atomic mass is 10.1. The van der Waals surface area contributed by atoms with Crippen molar-refractivity contribution in [3.63, 3.8) is 0 Å². The summed E-state index contributed by atoms with van der Waals surface area (Å²) in [5, 5.41) is 18.5. The van der Waals surface area contributed by atoms with Gasteiger partial charge in [-0.2, -0.15) is 5.10 Å². The number of aromatic nitrogens is 2. The third kappa shape index (κ3) is 6.15. The molecule has 10 heteroatoms. The number of aryl methyl sites for hydroxylation is 1. The van der Waals surface area contributed by atoms with Crippen molar-refractivity contribution in [2.24, 2.45) is 0 Å². The SMILES string of the molecule is COCCOc1ccc(C(C)NC(=O)c2ccc(Cn3nc(C)c([N+](=O)[O-])c3C)cc2)cc1OC. The number of nitro groups is 1. The number of carbonyl (C=O) groups is 1. The molecule has 0 fully saturated rings. The maximum Gasteiger partial charge on any atom is 0.312 e. The van der Waals surface area contributed by atoms with Crippen LogP contribution in [0.1, 0.15) is 45.8 Å². The van der Waals surface area contributed by atoms with E-state index < -0.39 is 4.92 Å². The average Bonchev–Trinajstić information content (AvgIpc) is 3.12. The van der Waals surface area contributed by atoms with Crippen LogP contribution in [-0.2, 0) is 11.3 Å². The second kappa shape index (κ2) is 11.5. The summed E-state index contributed by atoms with van der Waals surface area (Å²) >= 11 is 0. The molecule has 1 heterocycles. The number of amides is 1. The number of benzene rings is 2. The van der Waals surface area contributed by atoms with Gasteiger partial charge in [-0.25, -0.2) is 0 Å². The van der Waals surface area contributed by atoms with Gasteiger partial charge < -0.3 is 19.5 Å². The van der Waals surface area contributed by atoms with Crippen LogP contribution < -0.4 is 14.8 Å². The molecule has 1 N–H and O–H groups in total. The zero-order valence-electron chi connectivity index (χ0n) is 20.5. The summed E-state index contributed by atoms with van der Waals surface area (Å²) in [5.41, 5.74) is 3.16. The van der Waals surface area contributed by atoms with Gasteiger partial charge in [0.25, 0.3) is 5.91 Å². The number of methoxy groups -OCH3 is 2. The lowest BCUT2D eigenvalue weighted by Gasteiger charge is -2.17. The van der Waals surface area contributed by atoms with Crippen molar-refractivity contribution >= 4 is 11.6 Å². The van der Waals surface area contributed by atoms with Crippen molar-refractivity contribution in [2.75, 3.05) is 27.4 Å². The second-order valence-electron chi connectivity index (χ2n) is 8.08. The number of rotatable bonds is 11. The minimum Gasteiger partial charge on any atom is -0.493 e. The normalized spacial score (nSPS) is 11.7. The van der Waals surface area contributed by atoms with Crippen LogP contribution in [0.4, 0.5) is 5.69 Å². The highest BCUT2D eigenvalue weighted by molar-refractivity contribution is 5.94. The lowest BCUT2D eigenvalue weighted by Crippen LogP contribution is -2.26. The Morgan fingerprint density at radius 2 is 1.83 bits per heavy atom. The van der Waals surface area contributed by atoms with E-state index in [0.717, 1.165) is 11.1 Å². The van der Waals surface area contributed by atoms with E-state index in [4.69, 9.17) is 14.2 Å². The Morgan fingerprint density at radius 3 is 2.43 bits per heavy atom. The second-order valence-corrected chi connectivity index (χ2v) is 8.08. The molecule has 1 aromatic heterocycles. The molecule has 1 unspecified atom stereocenters. The molecular formula is C25H30N4O6. The Morgan fingerprint density at radius 1 is 1.11 bits per heavy atom. The molecule has 186 valence electrons. The first-order chi connectivity index (χ1) is 16.7. The maximum absolute atomic E-state index is 12.8. The number of hydrogen-bond acceptors (Lipinski definition) is 7. The van der Waals surface area contributed by atoms with E-state index in [1.54, 1.807) is 44.9 Å². The number of ether oxygens (including phenoxy) is 3. The van der Waals surface area contributed by atoms with E-state index in [2.05, 4.69) is 10.4 Å². The number of nitrogens with one attached hydrogen (secondary N) is 1. The Balaban J connectivity index is 1.65. The molecule has 10 nitrogen and oxygen atoms in total. The van der Waals surface area contributed by atoms with Gasteiger partial charge >= 0.3 is 5.69 Å². The topological polar surface area (TPSA) is 118 Å². The highest BCUT2D eigenvalue weighted by Gasteiger charge is 2.22. The number of nitrogens with zero attached hydrogens (tertiary/aromatic N) is 3. The summed E-state index contributed by atoms with van der Waals surface area (Å²) in [7, 11) is 3.17. The molecule has 1 amide bonds. The van der Waals surface area contributed by atoms with Crippen molar-refractivity contribution in [1.82, 2.24) is 15.1 Å². The molecule has 0 aliphatic heterocycles. The smallest absolute Gasteiger partial charge is 0.312 e. The van der Waals surface area contributed by atoms with Crippen LogP contribution in [-0.4, -0.2) is 48.0 Å². The van der Waals surface area contributed by atoms with E-state index in [-0.39, 0.29) is 17.6 Å². The van der Waals surface area contributed by atoms with Crippen LogP contribution in [0.3, 0.4) is 0 Å². The fourth-order valence-corrected chi connectivity index (χ4v) is 3.71. The summed E-state index contributed by atoms with van der Waals surface area (Å²) in [6, 6.07) is 12.4. The zero-order valence-corrected chi connectivity index (χ0v) is 20.5. The van der Waals surface area contributed by atoms with Gasteiger partial charge in [-0.15, -0.1) is 0 Å². The van der Waals surface area contributed by atoms with Gasteiger partial charge in [-0.1, -0.05) is 18.2 Å². The third-order valence-electron chi connectivity index (χ3n) is 5.65. The first-order valence-electron chi connectivity index (χ1n) is 11.1. The Hall–Kier alpha value is -3.92. The van der Waals surface area contributed by atoms with Crippen molar-refractivity contribution in [3.8, 4) is 11.5 Å². The highest BCUT2D eigenvalue weighted by Crippen LogP contribution is 2.30. The van der Waals surface area contributed by atoms with Crippen molar-refractivity contribution < 1.29 is 23.9 Å². The monoisotopic (exact) mass is 482 g/mol. The molecule has 3 rings (SSSR count). The molecule has 2 aromatic carbocycles. The summed E-state index contributed by atoms with van der Waals surface area (Å²) < 4.78 is 17.7. The van der Waals surface area contributed by atoms with Crippen LogP contribution in [0.2, 0.25) is 0 Å². The molecule has 1 atom stereocenters. The fourth-order valence-electron chi connectivity index (χ4n) is 3.71. The Labute approximate surface area is 204 Å². The van der Waals surface area contributed by atoms with Crippen LogP contribution >= 0.6 is 0 Å². The van der Waals surface area contributed by atoms with Gasteiger partial charge in [-0.05, 0) is 56.2 Å². The van der Waals surface area contributed by atoms with E-state index in [1.807, 2.05) is 37.3 Å². The molecule has 3 aromatic rings. The minimum absolute atomic E-state index is 0.0289. The van der Waals surface area contributed by atoms with Gasteiger partial charge in [0.15, 0.2) is 11.5 Å². The van der Waals surface area contributed by atoms with Gasteiger partial charge in [0.1, 0.15) is 18.0 Å². The predicted molar refractivity (Wildman–Crippen MR) is 130 cm³/mol. The molecule has 0 aliphatic carbocycles. The Bertz CT molecular complexity index is 1190. The molecule has 0 radical (unpaired) electrons. The van der Waals surface area contributed by atoms with Crippen molar-refractivity contribution in [3.05, 3.63) is 80.7 Å². The van der Waals surface area contributed by atoms with E-state index in [0.29, 0.717) is 48.2 Å². The summed E-state index contributed by atoms with van der Waals surface area (Å²) in [4.78, 5) is 23.6. The van der Waals surface area contributed by atoms with Gasteiger partial charge in [0.05, 0.1) is 31.2 Å². The number of hydrogen-bond donors (Lipinski definition) is 1. The molecule has 0 saturated carbocycles. The van der Waals surface area contributed by atoms with E-state index in [1.165, 1.54) is 0 Å². The third-order valence-corrected chi connectivity index (χ3v) is 5.65. The molecular weight excluding hydrogens is 452 g/mol. The quantitative estimate of drug-likeness (QED) is 0.249. The van der Waals surface area contributed by atoms with Crippen LogP contribution in [0, 0.1) is 24.0 Å². The fraction of sp³-hybridized carbons (Fsp3) is 0.360. The summed E-state index contributed by atoms with van der Waals surface area (Å²) in [6.45, 7) is 6.43. The van der Waals surface area contributed by atoms with Gasteiger partial charge in [-0.3, -0.25) is 19.6 Å². The number of carbonyl (C=O) groups excluding carboxylic acids is 1. The van der Waals surface area contributed by atoms with Crippen molar-refractivity contribution in [1.29, 1.82) is 0 Å². The van der Waals surface area contributed by atoms with Crippen LogP contribution in [0.5, 0.6) is 11.5 Å². The maximum atomic E-state index is 12.8. The minimum atomic E-state index is -0.416. The van der Waals surface area contributed by atoms with E-state index in [9.17, 15) is 14.9 Å².